The lowest BCUT2D eigenvalue weighted by atomic mass is 10.1. The third-order valence-electron chi connectivity index (χ3n) is 3.41. The molecule has 2 rings (SSSR count). The highest BCUT2D eigenvalue weighted by Gasteiger charge is 2.36. The van der Waals surface area contributed by atoms with Gasteiger partial charge in [-0.3, -0.25) is 10.1 Å². The molecule has 0 aromatic heterocycles. The van der Waals surface area contributed by atoms with E-state index in [2.05, 4.69) is 52.5 Å². The number of carbonyl (C=O) groups excluding carboxylic acids is 2. The van der Waals surface area contributed by atoms with Crippen molar-refractivity contribution in [2.75, 3.05) is 32.5 Å². The summed E-state index contributed by atoms with van der Waals surface area (Å²) in [7, 11) is 2.32. The second-order valence-corrected chi connectivity index (χ2v) is 7.33. The zero-order valence-electron chi connectivity index (χ0n) is 13.4. The Morgan fingerprint density at radius 2 is 1.81 bits per heavy atom. The summed E-state index contributed by atoms with van der Waals surface area (Å²) in [4.78, 5) is 36.5. The lowest BCUT2D eigenvalue weighted by Gasteiger charge is -2.32. The van der Waals surface area contributed by atoms with E-state index >= 15 is 0 Å². The summed E-state index contributed by atoms with van der Waals surface area (Å²) >= 11 is 9.65. The van der Waals surface area contributed by atoms with Crippen LogP contribution in [0.5, 0.6) is 0 Å². The van der Waals surface area contributed by atoms with E-state index in [0.717, 1.165) is 7.11 Å². The predicted molar refractivity (Wildman–Crippen MR) is 101 cm³/mol. The van der Waals surface area contributed by atoms with Gasteiger partial charge >= 0.3 is 11.9 Å². The van der Waals surface area contributed by atoms with Gasteiger partial charge in [0.05, 0.1) is 41.5 Å². The van der Waals surface area contributed by atoms with E-state index in [0.29, 0.717) is 4.47 Å². The molecule has 0 N–H and O–H groups in total. The number of carbonyl (C=O) groups is 2. The molecule has 0 fully saturated rings. The quantitative estimate of drug-likeness (QED) is 0.315. The maximum Gasteiger partial charge on any atom is 0.355 e. The first-order chi connectivity index (χ1) is 12.2. The number of benzene rings is 1. The van der Waals surface area contributed by atoms with Crippen LogP contribution in [-0.2, 0) is 23.8 Å². The van der Waals surface area contributed by atoms with Crippen LogP contribution in [0.2, 0.25) is 0 Å². The number of halogens is 3. The molecule has 1 aliphatic rings. The number of rotatable bonds is 4. The molecule has 0 saturated heterocycles. The second-order valence-electron chi connectivity index (χ2n) is 4.82. The summed E-state index contributed by atoms with van der Waals surface area (Å²) in [6, 6.07) is 1.46. The fraction of sp³-hybridized carbons (Fsp3) is 0.286. The first-order valence-electron chi connectivity index (χ1n) is 6.81. The lowest BCUT2D eigenvalue weighted by Crippen LogP contribution is -2.39. The summed E-state index contributed by atoms with van der Waals surface area (Å²) in [5.41, 5.74) is -0.211. The van der Waals surface area contributed by atoms with Crippen molar-refractivity contribution >= 4 is 71.1 Å². The second kappa shape index (κ2) is 8.46. The molecular weight excluding hydrogens is 548 g/mol. The van der Waals surface area contributed by atoms with Crippen LogP contribution < -0.4 is 4.90 Å². The van der Waals surface area contributed by atoms with Crippen LogP contribution >= 0.6 is 47.8 Å². The Morgan fingerprint density at radius 1 is 1.19 bits per heavy atom. The minimum atomic E-state index is -0.807. The Kier molecular flexibility index (Phi) is 6.77. The zero-order valence-corrected chi connectivity index (χ0v) is 18.1. The molecule has 0 unspecified atom stereocenters. The average molecular weight is 559 g/mol. The molecule has 26 heavy (non-hydrogen) atoms. The van der Waals surface area contributed by atoms with Crippen molar-refractivity contribution in [1.29, 1.82) is 0 Å². The van der Waals surface area contributed by atoms with Crippen LogP contribution in [0.15, 0.2) is 30.8 Å². The van der Waals surface area contributed by atoms with Crippen molar-refractivity contribution in [2.45, 2.75) is 0 Å². The largest absolute Gasteiger partial charge is 0.466 e. The zero-order chi connectivity index (χ0) is 19.6. The summed E-state index contributed by atoms with van der Waals surface area (Å²) in [5.74, 6) is -1.58. The summed E-state index contributed by atoms with van der Waals surface area (Å²) < 4.78 is 15.6. The molecule has 9 nitrogen and oxygen atoms in total. The van der Waals surface area contributed by atoms with Crippen molar-refractivity contribution in [3.05, 3.63) is 40.9 Å². The van der Waals surface area contributed by atoms with Crippen molar-refractivity contribution < 1.29 is 28.7 Å². The molecule has 140 valence electrons. The molecule has 0 aliphatic carbocycles. The van der Waals surface area contributed by atoms with E-state index in [1.165, 1.54) is 18.1 Å². The molecule has 0 spiro atoms. The Hall–Kier alpha value is -1.50. The minimum Gasteiger partial charge on any atom is -0.466 e. The van der Waals surface area contributed by atoms with Gasteiger partial charge in [0, 0.05) is 4.47 Å². The fourth-order valence-corrected chi connectivity index (χ4v) is 5.14. The molecule has 0 atom stereocenters. The number of methoxy groups -OCH3 is 2. The van der Waals surface area contributed by atoms with Gasteiger partial charge in [-0.1, -0.05) is 0 Å². The van der Waals surface area contributed by atoms with Gasteiger partial charge < -0.3 is 19.1 Å². The van der Waals surface area contributed by atoms with Gasteiger partial charge in [-0.2, -0.15) is 0 Å². The van der Waals surface area contributed by atoms with Crippen molar-refractivity contribution in [3.8, 4) is 0 Å². The van der Waals surface area contributed by atoms with Crippen LogP contribution in [0.25, 0.3) is 0 Å². The Morgan fingerprint density at radius 3 is 2.35 bits per heavy atom. The summed E-state index contributed by atoms with van der Waals surface area (Å²) in [5, 5.41) is 11.4. The van der Waals surface area contributed by atoms with Crippen molar-refractivity contribution in [2.24, 2.45) is 0 Å². The van der Waals surface area contributed by atoms with E-state index in [4.69, 9.17) is 9.47 Å². The van der Waals surface area contributed by atoms with Crippen LogP contribution in [0, 0.1) is 10.1 Å². The van der Waals surface area contributed by atoms with E-state index < -0.39 is 16.9 Å². The molecule has 0 bridgehead atoms. The normalized spacial score (nSPS) is 14.3. The highest BCUT2D eigenvalue weighted by Crippen LogP contribution is 2.46. The number of nitro benzene ring substituents is 1. The predicted octanol–water partition coefficient (Wildman–Crippen LogP) is 3.28. The smallest absolute Gasteiger partial charge is 0.355 e. The van der Waals surface area contributed by atoms with Crippen molar-refractivity contribution in [1.82, 2.24) is 0 Å². The van der Waals surface area contributed by atoms with E-state index in [1.807, 2.05) is 0 Å². The van der Waals surface area contributed by atoms with E-state index in [-0.39, 0.29) is 44.9 Å². The van der Waals surface area contributed by atoms with Gasteiger partial charge in [-0.25, -0.2) is 9.59 Å². The first kappa shape index (κ1) is 20.8. The highest BCUT2D eigenvalue weighted by atomic mass is 79.9. The highest BCUT2D eigenvalue weighted by molar-refractivity contribution is 9.11. The standard InChI is InChI=1S/C14H11Br3N2O7/c1-24-13(20)6-4-26-5-18(10(6)14(21)25-2)11-7(15)3-8(16)12(9(11)17)19(22)23/h3H,4-5H2,1-2H3. The van der Waals surface area contributed by atoms with Crippen LogP contribution in [-0.4, -0.2) is 44.4 Å². The number of hydrogen-bond acceptors (Lipinski definition) is 8. The number of anilines is 1. The third kappa shape index (κ3) is 3.77. The van der Waals surface area contributed by atoms with Crippen molar-refractivity contribution in [3.63, 3.8) is 0 Å². The third-order valence-corrected chi connectivity index (χ3v) is 5.37. The molecule has 1 heterocycles. The average Bonchev–Trinajstić information content (AvgIpc) is 2.59. The van der Waals surface area contributed by atoms with Gasteiger partial charge in [0.2, 0.25) is 0 Å². The lowest BCUT2D eigenvalue weighted by molar-refractivity contribution is -0.386. The molecule has 0 amide bonds. The molecular formula is C14H11Br3N2O7. The number of esters is 2. The minimum absolute atomic E-state index is 0.0602. The van der Waals surface area contributed by atoms with Gasteiger partial charge in [0.1, 0.15) is 16.9 Å². The maximum atomic E-state index is 12.3. The van der Waals surface area contributed by atoms with E-state index in [1.54, 1.807) is 0 Å². The van der Waals surface area contributed by atoms with Crippen LogP contribution in [0.3, 0.4) is 0 Å². The number of nitrogens with zero attached hydrogens (tertiary/aromatic N) is 2. The van der Waals surface area contributed by atoms with Gasteiger partial charge in [0.25, 0.3) is 5.69 Å². The van der Waals surface area contributed by atoms with Crippen LogP contribution in [0.1, 0.15) is 0 Å². The molecule has 0 saturated carbocycles. The molecule has 1 aromatic rings. The van der Waals surface area contributed by atoms with E-state index in [9.17, 15) is 19.7 Å². The number of ether oxygens (including phenoxy) is 3. The Balaban J connectivity index is 2.77. The summed E-state index contributed by atoms with van der Waals surface area (Å²) in [6.07, 6.45) is 0. The first-order valence-corrected chi connectivity index (χ1v) is 9.19. The topological polar surface area (TPSA) is 108 Å². The molecule has 12 heteroatoms. The Bertz CT molecular complexity index is 825. The van der Waals surface area contributed by atoms with Gasteiger partial charge in [-0.05, 0) is 53.9 Å². The van der Waals surface area contributed by atoms with Crippen LogP contribution in [0.4, 0.5) is 11.4 Å². The summed E-state index contributed by atoms with van der Waals surface area (Å²) in [6.45, 7) is -0.303. The molecule has 1 aromatic carbocycles. The monoisotopic (exact) mass is 556 g/mol. The Labute approximate surface area is 172 Å². The molecule has 0 radical (unpaired) electrons. The maximum absolute atomic E-state index is 12.3. The SMILES string of the molecule is COC(=O)C1=C(C(=O)OC)N(c2c(Br)cc(Br)c([N+](=O)[O-])c2Br)COC1. The van der Waals surface area contributed by atoms with Gasteiger partial charge in [-0.15, -0.1) is 0 Å². The van der Waals surface area contributed by atoms with Gasteiger partial charge in [0.15, 0.2) is 0 Å². The number of nitro groups is 1. The number of hydrogen-bond donors (Lipinski definition) is 0. The molecule has 1 aliphatic heterocycles. The fourth-order valence-electron chi connectivity index (χ4n) is 2.30.